The number of aryl methyl sites for hydroxylation is 1. The summed E-state index contributed by atoms with van der Waals surface area (Å²) in [5.41, 5.74) is 0.758. The molecule has 1 aromatic rings. The molecule has 1 atom stereocenters. The van der Waals surface area contributed by atoms with Crippen LogP contribution >= 0.6 is 0 Å². The monoisotopic (exact) mass is 293 g/mol. The SMILES string of the molecule is CC(C)C1CCC(=O)N(Cc2c(C(=O)O)cnn2C)CC1. The van der Waals surface area contributed by atoms with E-state index in [9.17, 15) is 14.7 Å². The fourth-order valence-electron chi connectivity index (χ4n) is 2.90. The van der Waals surface area contributed by atoms with Gasteiger partial charge in [0.1, 0.15) is 5.56 Å². The van der Waals surface area contributed by atoms with Crippen LogP contribution in [0, 0.1) is 11.8 Å². The molecule has 0 saturated carbocycles. The zero-order chi connectivity index (χ0) is 15.6. The third-order valence-corrected chi connectivity index (χ3v) is 4.43. The van der Waals surface area contributed by atoms with Gasteiger partial charge in [-0.2, -0.15) is 5.10 Å². The zero-order valence-corrected chi connectivity index (χ0v) is 12.9. The number of hydrogen-bond donors (Lipinski definition) is 1. The summed E-state index contributed by atoms with van der Waals surface area (Å²) in [6.07, 6.45) is 3.79. The number of carboxylic acid groups (broad SMARTS) is 1. The smallest absolute Gasteiger partial charge is 0.339 e. The van der Waals surface area contributed by atoms with Gasteiger partial charge in [-0.15, -0.1) is 0 Å². The molecule has 21 heavy (non-hydrogen) atoms. The van der Waals surface area contributed by atoms with Crippen molar-refractivity contribution in [3.05, 3.63) is 17.5 Å². The minimum Gasteiger partial charge on any atom is -0.478 e. The van der Waals surface area contributed by atoms with Gasteiger partial charge in [-0.3, -0.25) is 9.48 Å². The second-order valence-electron chi connectivity index (χ2n) is 6.08. The molecule has 2 rings (SSSR count). The van der Waals surface area contributed by atoms with Gasteiger partial charge in [0.25, 0.3) is 0 Å². The number of carbonyl (C=O) groups excluding carboxylic acids is 1. The molecule has 1 aromatic heterocycles. The lowest BCUT2D eigenvalue weighted by molar-refractivity contribution is -0.131. The normalized spacial score (nSPS) is 19.9. The molecule has 6 heteroatoms. The number of aromatic nitrogens is 2. The van der Waals surface area contributed by atoms with E-state index in [1.54, 1.807) is 16.6 Å². The summed E-state index contributed by atoms with van der Waals surface area (Å²) in [4.78, 5) is 25.2. The van der Waals surface area contributed by atoms with Gasteiger partial charge < -0.3 is 10.0 Å². The van der Waals surface area contributed by atoms with Crippen LogP contribution in [0.4, 0.5) is 0 Å². The average molecular weight is 293 g/mol. The molecule has 1 N–H and O–H groups in total. The molecule has 0 spiro atoms. The van der Waals surface area contributed by atoms with E-state index in [-0.39, 0.29) is 11.5 Å². The Bertz CT molecular complexity index is 536. The number of carbonyl (C=O) groups is 2. The van der Waals surface area contributed by atoms with Crippen molar-refractivity contribution < 1.29 is 14.7 Å². The maximum absolute atomic E-state index is 12.2. The third kappa shape index (κ3) is 3.43. The number of hydrogen-bond acceptors (Lipinski definition) is 3. The van der Waals surface area contributed by atoms with Gasteiger partial charge in [0.2, 0.25) is 5.91 Å². The van der Waals surface area contributed by atoms with Crippen molar-refractivity contribution in [2.75, 3.05) is 6.54 Å². The largest absolute Gasteiger partial charge is 0.478 e. The molecular formula is C15H23N3O3. The molecule has 1 unspecified atom stereocenters. The summed E-state index contributed by atoms with van der Waals surface area (Å²) in [6.45, 7) is 5.39. The molecule has 1 aliphatic heterocycles. The van der Waals surface area contributed by atoms with Gasteiger partial charge >= 0.3 is 5.97 Å². The van der Waals surface area contributed by atoms with E-state index in [0.29, 0.717) is 37.0 Å². The number of nitrogens with zero attached hydrogens (tertiary/aromatic N) is 3. The van der Waals surface area contributed by atoms with Crippen LogP contribution in [0.3, 0.4) is 0 Å². The first-order valence-electron chi connectivity index (χ1n) is 7.42. The fraction of sp³-hybridized carbons (Fsp3) is 0.667. The summed E-state index contributed by atoms with van der Waals surface area (Å²) in [5.74, 6) is 0.240. The Labute approximate surface area is 124 Å². The van der Waals surface area contributed by atoms with Crippen LogP contribution in [0.15, 0.2) is 6.20 Å². The first-order valence-corrected chi connectivity index (χ1v) is 7.42. The van der Waals surface area contributed by atoms with Crippen molar-refractivity contribution in [3.8, 4) is 0 Å². The van der Waals surface area contributed by atoms with Crippen LogP contribution < -0.4 is 0 Å². The standard InChI is InChI=1S/C15H23N3O3/c1-10(2)11-4-5-14(19)18(7-6-11)9-13-12(15(20)21)8-16-17(13)3/h8,10-11H,4-7,9H2,1-3H3,(H,20,21). The lowest BCUT2D eigenvalue weighted by Gasteiger charge is -2.22. The molecule has 0 aliphatic carbocycles. The number of rotatable bonds is 4. The predicted molar refractivity (Wildman–Crippen MR) is 77.8 cm³/mol. The van der Waals surface area contributed by atoms with Crippen LogP contribution in [0.25, 0.3) is 0 Å². The number of amides is 1. The van der Waals surface area contributed by atoms with Crippen LogP contribution in [-0.4, -0.2) is 38.2 Å². The topological polar surface area (TPSA) is 75.4 Å². The van der Waals surface area contributed by atoms with Crippen molar-refractivity contribution >= 4 is 11.9 Å². The number of likely N-dealkylation sites (tertiary alicyclic amines) is 1. The summed E-state index contributed by atoms with van der Waals surface area (Å²) in [7, 11) is 1.71. The van der Waals surface area contributed by atoms with Gasteiger partial charge in [-0.1, -0.05) is 13.8 Å². The Hall–Kier alpha value is -1.85. The fourth-order valence-corrected chi connectivity index (χ4v) is 2.90. The maximum atomic E-state index is 12.2. The number of carboxylic acids is 1. The quantitative estimate of drug-likeness (QED) is 0.920. The maximum Gasteiger partial charge on any atom is 0.339 e. The highest BCUT2D eigenvalue weighted by Crippen LogP contribution is 2.26. The van der Waals surface area contributed by atoms with E-state index in [2.05, 4.69) is 18.9 Å². The first-order chi connectivity index (χ1) is 9.90. The highest BCUT2D eigenvalue weighted by Gasteiger charge is 2.26. The van der Waals surface area contributed by atoms with Crippen molar-refractivity contribution in [2.45, 2.75) is 39.7 Å². The Morgan fingerprint density at radius 3 is 2.81 bits per heavy atom. The molecule has 0 aromatic carbocycles. The third-order valence-electron chi connectivity index (χ3n) is 4.43. The molecule has 1 fully saturated rings. The molecule has 6 nitrogen and oxygen atoms in total. The van der Waals surface area contributed by atoms with Crippen LogP contribution in [0.5, 0.6) is 0 Å². The lowest BCUT2D eigenvalue weighted by Crippen LogP contribution is -2.31. The molecule has 116 valence electrons. The number of aromatic carboxylic acids is 1. The van der Waals surface area contributed by atoms with E-state index in [1.165, 1.54) is 6.20 Å². The van der Waals surface area contributed by atoms with E-state index < -0.39 is 5.97 Å². The van der Waals surface area contributed by atoms with E-state index >= 15 is 0 Å². The summed E-state index contributed by atoms with van der Waals surface area (Å²) >= 11 is 0. The van der Waals surface area contributed by atoms with Crippen molar-refractivity contribution in [2.24, 2.45) is 18.9 Å². The first kappa shape index (κ1) is 15.5. The van der Waals surface area contributed by atoms with Crippen LogP contribution in [-0.2, 0) is 18.4 Å². The lowest BCUT2D eigenvalue weighted by atomic mass is 9.89. The summed E-state index contributed by atoms with van der Waals surface area (Å²) in [6, 6.07) is 0. The van der Waals surface area contributed by atoms with Crippen molar-refractivity contribution in [1.82, 2.24) is 14.7 Å². The molecule has 0 radical (unpaired) electrons. The van der Waals surface area contributed by atoms with Gasteiger partial charge in [0.15, 0.2) is 0 Å². The average Bonchev–Trinajstić information content (AvgIpc) is 2.66. The summed E-state index contributed by atoms with van der Waals surface area (Å²) < 4.78 is 1.54. The molecular weight excluding hydrogens is 270 g/mol. The predicted octanol–water partition coefficient (Wildman–Crippen LogP) is 1.90. The highest BCUT2D eigenvalue weighted by molar-refractivity contribution is 5.88. The minimum atomic E-state index is -1.000. The van der Waals surface area contributed by atoms with E-state index in [4.69, 9.17) is 0 Å². The van der Waals surface area contributed by atoms with Gasteiger partial charge in [-0.25, -0.2) is 4.79 Å². The van der Waals surface area contributed by atoms with E-state index in [0.717, 1.165) is 12.8 Å². The molecule has 1 saturated heterocycles. The van der Waals surface area contributed by atoms with Gasteiger partial charge in [0.05, 0.1) is 18.4 Å². The Balaban J connectivity index is 2.14. The second-order valence-corrected chi connectivity index (χ2v) is 6.08. The Morgan fingerprint density at radius 2 is 2.19 bits per heavy atom. The Kier molecular flexibility index (Phi) is 4.65. The summed E-state index contributed by atoms with van der Waals surface area (Å²) in [5, 5.41) is 13.2. The minimum absolute atomic E-state index is 0.107. The molecule has 1 amide bonds. The second kappa shape index (κ2) is 6.28. The van der Waals surface area contributed by atoms with Gasteiger partial charge in [0, 0.05) is 20.0 Å². The molecule has 2 heterocycles. The zero-order valence-electron chi connectivity index (χ0n) is 12.9. The van der Waals surface area contributed by atoms with Crippen LogP contribution in [0.2, 0.25) is 0 Å². The van der Waals surface area contributed by atoms with Crippen molar-refractivity contribution in [3.63, 3.8) is 0 Å². The Morgan fingerprint density at radius 1 is 1.48 bits per heavy atom. The van der Waals surface area contributed by atoms with Crippen molar-refractivity contribution in [1.29, 1.82) is 0 Å². The highest BCUT2D eigenvalue weighted by atomic mass is 16.4. The van der Waals surface area contributed by atoms with Gasteiger partial charge in [-0.05, 0) is 24.7 Å². The molecule has 1 aliphatic rings. The molecule has 0 bridgehead atoms. The van der Waals surface area contributed by atoms with Crippen LogP contribution in [0.1, 0.15) is 49.2 Å². The van der Waals surface area contributed by atoms with E-state index in [1.807, 2.05) is 0 Å².